The Morgan fingerprint density at radius 1 is 1.08 bits per heavy atom. The van der Waals surface area contributed by atoms with Gasteiger partial charge in [0.05, 0.1) is 12.7 Å². The fourth-order valence-electron chi connectivity index (χ4n) is 2.64. The Morgan fingerprint density at radius 3 is 2.48 bits per heavy atom. The lowest BCUT2D eigenvalue weighted by atomic mass is 10.0. The van der Waals surface area contributed by atoms with Crippen LogP contribution in [0.4, 0.5) is 0 Å². The van der Waals surface area contributed by atoms with E-state index in [1.165, 1.54) is 5.56 Å². The first-order chi connectivity index (χ1) is 12.0. The molecule has 0 aliphatic rings. The largest absolute Gasteiger partial charge is 0.481 e. The van der Waals surface area contributed by atoms with Crippen LogP contribution in [0.25, 0.3) is 5.69 Å². The minimum Gasteiger partial charge on any atom is -0.481 e. The highest BCUT2D eigenvalue weighted by Gasteiger charge is 2.06. The van der Waals surface area contributed by atoms with Crippen molar-refractivity contribution in [3.05, 3.63) is 82.9 Å². The normalized spacial score (nSPS) is 10.2. The Hall–Kier alpha value is -3.32. The molecule has 3 rings (SSSR count). The molecule has 0 aliphatic heterocycles. The molecule has 0 spiro atoms. The van der Waals surface area contributed by atoms with Crippen molar-refractivity contribution in [2.24, 2.45) is 0 Å². The van der Waals surface area contributed by atoms with Crippen LogP contribution in [0.5, 0.6) is 0 Å². The number of benzene rings is 2. The number of carboxylic acids is 1. The van der Waals surface area contributed by atoms with E-state index in [9.17, 15) is 4.79 Å². The van der Waals surface area contributed by atoms with Crippen LogP contribution in [0, 0.1) is 25.7 Å². The van der Waals surface area contributed by atoms with Crippen LogP contribution >= 0.6 is 0 Å². The number of hydrogen-bond acceptors (Lipinski definition) is 2. The van der Waals surface area contributed by atoms with Crippen molar-refractivity contribution in [3.8, 4) is 17.5 Å². The predicted molar refractivity (Wildman–Crippen MR) is 96.8 cm³/mol. The maximum atomic E-state index is 10.7. The number of carboxylic acid groups (broad SMARTS) is 1. The first-order valence-electron chi connectivity index (χ1n) is 7.96. The third kappa shape index (κ3) is 3.78. The van der Waals surface area contributed by atoms with Gasteiger partial charge in [0.2, 0.25) is 0 Å². The van der Waals surface area contributed by atoms with E-state index < -0.39 is 5.97 Å². The zero-order valence-corrected chi connectivity index (χ0v) is 14.2. The Morgan fingerprint density at radius 2 is 1.84 bits per heavy atom. The molecule has 124 valence electrons. The van der Waals surface area contributed by atoms with Crippen molar-refractivity contribution >= 4 is 5.97 Å². The molecule has 4 nitrogen and oxygen atoms in total. The van der Waals surface area contributed by atoms with E-state index in [-0.39, 0.29) is 6.42 Å². The zero-order valence-electron chi connectivity index (χ0n) is 14.2. The molecule has 0 aliphatic carbocycles. The van der Waals surface area contributed by atoms with E-state index in [4.69, 9.17) is 5.11 Å². The number of hydrogen-bond donors (Lipinski definition) is 1. The highest BCUT2D eigenvalue weighted by Crippen LogP contribution is 2.20. The van der Waals surface area contributed by atoms with Crippen LogP contribution in [-0.2, 0) is 11.2 Å². The van der Waals surface area contributed by atoms with Gasteiger partial charge in [0.15, 0.2) is 0 Å². The smallest absolute Gasteiger partial charge is 0.307 e. The molecule has 3 aromatic rings. The van der Waals surface area contributed by atoms with Gasteiger partial charge in [0.25, 0.3) is 0 Å². The Kier molecular flexibility index (Phi) is 4.67. The van der Waals surface area contributed by atoms with E-state index in [1.54, 1.807) is 24.7 Å². The fourth-order valence-corrected chi connectivity index (χ4v) is 2.64. The van der Waals surface area contributed by atoms with Crippen LogP contribution in [0.15, 0.2) is 55.1 Å². The molecule has 1 N–H and O–H groups in total. The standard InChI is InChI=1S/C21H18N2O2/c1-15-16(2)20(23-12-11-22-14-23)10-9-19(15)8-7-17-3-5-18(6-4-17)13-21(24)25/h3-6,9-12,14H,13H2,1-2H3,(H,24,25). The van der Waals surface area contributed by atoms with E-state index in [0.29, 0.717) is 0 Å². The van der Waals surface area contributed by atoms with Gasteiger partial charge in [-0.05, 0) is 54.8 Å². The van der Waals surface area contributed by atoms with Gasteiger partial charge in [-0.2, -0.15) is 0 Å². The van der Waals surface area contributed by atoms with Gasteiger partial charge >= 0.3 is 5.97 Å². The summed E-state index contributed by atoms with van der Waals surface area (Å²) in [7, 11) is 0. The average molecular weight is 330 g/mol. The van der Waals surface area contributed by atoms with Gasteiger partial charge in [0, 0.05) is 29.2 Å². The summed E-state index contributed by atoms with van der Waals surface area (Å²) in [5.74, 6) is 5.53. The SMILES string of the molecule is Cc1c(C#Cc2ccc(CC(=O)O)cc2)ccc(-n2ccnc2)c1C. The minimum atomic E-state index is -0.831. The number of rotatable bonds is 3. The molecular formula is C21H18N2O2. The van der Waals surface area contributed by atoms with Crippen LogP contribution in [0.3, 0.4) is 0 Å². The summed E-state index contributed by atoms with van der Waals surface area (Å²) in [4.78, 5) is 14.8. The van der Waals surface area contributed by atoms with Crippen LogP contribution in [-0.4, -0.2) is 20.6 Å². The monoisotopic (exact) mass is 330 g/mol. The Labute approximate surface area is 146 Å². The van der Waals surface area contributed by atoms with Gasteiger partial charge in [0.1, 0.15) is 0 Å². The maximum Gasteiger partial charge on any atom is 0.307 e. The second kappa shape index (κ2) is 7.06. The lowest BCUT2D eigenvalue weighted by molar-refractivity contribution is -0.136. The summed E-state index contributed by atoms with van der Waals surface area (Å²) in [5.41, 5.74) is 6.02. The number of imidazole rings is 1. The summed E-state index contributed by atoms with van der Waals surface area (Å²) in [6.07, 6.45) is 5.50. The van der Waals surface area contributed by atoms with Crippen molar-refractivity contribution in [1.82, 2.24) is 9.55 Å². The molecule has 0 bridgehead atoms. The van der Waals surface area contributed by atoms with Crippen molar-refractivity contribution in [2.45, 2.75) is 20.3 Å². The van der Waals surface area contributed by atoms with Gasteiger partial charge in [-0.25, -0.2) is 4.98 Å². The quantitative estimate of drug-likeness (QED) is 0.748. The van der Waals surface area contributed by atoms with Gasteiger partial charge in [-0.3, -0.25) is 4.79 Å². The molecule has 0 atom stereocenters. The Bertz CT molecular complexity index is 960. The highest BCUT2D eigenvalue weighted by molar-refractivity contribution is 5.70. The number of carbonyl (C=O) groups is 1. The molecule has 25 heavy (non-hydrogen) atoms. The second-order valence-electron chi connectivity index (χ2n) is 5.87. The van der Waals surface area contributed by atoms with Gasteiger partial charge in [-0.1, -0.05) is 24.0 Å². The first-order valence-corrected chi connectivity index (χ1v) is 7.96. The Balaban J connectivity index is 1.86. The third-order valence-electron chi connectivity index (χ3n) is 4.19. The van der Waals surface area contributed by atoms with E-state index in [1.807, 2.05) is 35.0 Å². The van der Waals surface area contributed by atoms with E-state index in [2.05, 4.69) is 30.7 Å². The number of nitrogens with zero attached hydrogens (tertiary/aromatic N) is 2. The number of aliphatic carboxylic acids is 1. The van der Waals surface area contributed by atoms with Crippen LogP contribution < -0.4 is 0 Å². The van der Waals surface area contributed by atoms with Crippen LogP contribution in [0.1, 0.15) is 27.8 Å². The summed E-state index contributed by atoms with van der Waals surface area (Å²) in [6.45, 7) is 4.15. The molecule has 0 saturated carbocycles. The van der Waals surface area contributed by atoms with Crippen molar-refractivity contribution in [1.29, 1.82) is 0 Å². The summed E-state index contributed by atoms with van der Waals surface area (Å²) in [5, 5.41) is 8.80. The summed E-state index contributed by atoms with van der Waals surface area (Å²) in [6, 6.07) is 11.4. The lowest BCUT2D eigenvalue weighted by Crippen LogP contribution is -1.99. The zero-order chi connectivity index (χ0) is 17.8. The highest BCUT2D eigenvalue weighted by atomic mass is 16.4. The second-order valence-corrected chi connectivity index (χ2v) is 5.87. The molecule has 0 radical (unpaired) electrons. The molecule has 1 aromatic heterocycles. The predicted octanol–water partition coefficient (Wildman–Crippen LogP) is 3.52. The van der Waals surface area contributed by atoms with Gasteiger partial charge < -0.3 is 9.67 Å². The first kappa shape index (κ1) is 16.5. The van der Waals surface area contributed by atoms with Crippen LogP contribution in [0.2, 0.25) is 0 Å². The number of aromatic nitrogens is 2. The molecule has 0 unspecified atom stereocenters. The molecule has 2 aromatic carbocycles. The van der Waals surface area contributed by atoms with Crippen molar-refractivity contribution in [2.75, 3.05) is 0 Å². The molecular weight excluding hydrogens is 312 g/mol. The fraction of sp³-hybridized carbons (Fsp3) is 0.143. The summed E-state index contributed by atoms with van der Waals surface area (Å²) < 4.78 is 1.99. The minimum absolute atomic E-state index is 0.0295. The molecule has 0 amide bonds. The topological polar surface area (TPSA) is 55.1 Å². The lowest BCUT2D eigenvalue weighted by Gasteiger charge is -2.11. The average Bonchev–Trinajstić information content (AvgIpc) is 3.11. The molecule has 4 heteroatoms. The molecule has 0 saturated heterocycles. The maximum absolute atomic E-state index is 10.7. The van der Waals surface area contributed by atoms with Gasteiger partial charge in [-0.15, -0.1) is 0 Å². The van der Waals surface area contributed by atoms with Crippen molar-refractivity contribution in [3.63, 3.8) is 0 Å². The molecule has 0 fully saturated rings. The van der Waals surface area contributed by atoms with E-state index >= 15 is 0 Å². The van der Waals surface area contributed by atoms with Crippen molar-refractivity contribution < 1.29 is 9.90 Å². The van der Waals surface area contributed by atoms with E-state index in [0.717, 1.165) is 27.9 Å². The summed E-state index contributed by atoms with van der Waals surface area (Å²) >= 11 is 0. The molecule has 1 heterocycles. The third-order valence-corrected chi connectivity index (χ3v) is 4.19.